The fraction of sp³-hybridized carbons (Fsp3) is 0.412. The van der Waals surface area contributed by atoms with Crippen molar-refractivity contribution in [2.24, 2.45) is 10.8 Å². The van der Waals surface area contributed by atoms with Crippen molar-refractivity contribution >= 4 is 22.5 Å². The van der Waals surface area contributed by atoms with E-state index >= 15 is 0 Å². The lowest BCUT2D eigenvalue weighted by Gasteiger charge is -2.48. The van der Waals surface area contributed by atoms with Crippen molar-refractivity contribution in [3.8, 4) is 11.1 Å². The minimum Gasteiger partial charge on any atom is -0.396 e. The van der Waals surface area contributed by atoms with Crippen LogP contribution in [0.15, 0.2) is 79.0 Å². The molecule has 1 aliphatic carbocycles. The smallest absolute Gasteiger partial charge is 0.319 e. The number of aliphatic hydroxyl groups is 1. The summed E-state index contributed by atoms with van der Waals surface area (Å²) in [6.45, 7) is 10.9. The summed E-state index contributed by atoms with van der Waals surface area (Å²) in [4.78, 5) is 20.5. The number of pyridine rings is 1. The summed E-state index contributed by atoms with van der Waals surface area (Å²) in [7, 11) is 0. The number of morpholine rings is 1. The summed E-state index contributed by atoms with van der Waals surface area (Å²) in [5.41, 5.74) is 3.49. The average molecular weight is 555 g/mol. The minimum atomic E-state index is -0.311. The number of anilines is 1. The number of urea groups is 1. The number of allylic oxidation sites excluding steroid dienone is 2. The number of fused-ring (bicyclic) bond motifs is 1. The molecule has 1 saturated heterocycles. The Kier molecular flexibility index (Phi) is 8.88. The monoisotopic (exact) mass is 554 g/mol. The van der Waals surface area contributed by atoms with Crippen LogP contribution >= 0.6 is 0 Å². The van der Waals surface area contributed by atoms with Gasteiger partial charge in [-0.3, -0.25) is 9.88 Å². The number of amides is 2. The lowest BCUT2D eigenvalue weighted by molar-refractivity contribution is 0.0336. The van der Waals surface area contributed by atoms with Crippen molar-refractivity contribution in [2.45, 2.75) is 46.2 Å². The lowest BCUT2D eigenvalue weighted by Crippen LogP contribution is -2.53. The second-order valence-electron chi connectivity index (χ2n) is 12.1. The molecular formula is C34H42N4O3. The molecule has 2 heterocycles. The van der Waals surface area contributed by atoms with Crippen LogP contribution in [0.4, 0.5) is 10.5 Å². The highest BCUT2D eigenvalue weighted by atomic mass is 16.5. The molecule has 2 aliphatic rings. The highest BCUT2D eigenvalue weighted by Gasteiger charge is 2.46. The van der Waals surface area contributed by atoms with E-state index in [0.717, 1.165) is 72.5 Å². The highest BCUT2D eigenvalue weighted by molar-refractivity contribution is 6.07. The molecule has 2 amide bonds. The van der Waals surface area contributed by atoms with Gasteiger partial charge in [0.05, 0.1) is 30.6 Å². The van der Waals surface area contributed by atoms with Gasteiger partial charge in [-0.05, 0) is 41.3 Å². The molecule has 0 bridgehead atoms. The zero-order valence-electron chi connectivity index (χ0n) is 24.4. The Bertz CT molecular complexity index is 1400. The molecule has 1 aromatic heterocycles. The first-order valence-corrected chi connectivity index (χ1v) is 14.6. The van der Waals surface area contributed by atoms with E-state index in [4.69, 9.17) is 9.72 Å². The van der Waals surface area contributed by atoms with Crippen molar-refractivity contribution in [3.05, 3.63) is 84.7 Å². The lowest BCUT2D eigenvalue weighted by atomic mass is 9.58. The summed E-state index contributed by atoms with van der Waals surface area (Å²) in [6.07, 6.45) is 11.7. The van der Waals surface area contributed by atoms with Crippen LogP contribution in [-0.4, -0.2) is 60.0 Å². The standard InChI is InChI=1S/C34H42N4O3/c1-33(2,3)34(17-8-20-39)16-7-6-11-31(34)37-32(40)36-30-15-14-27(28-9-4-5-10-29(28)30)25-12-13-26(35-23-25)24-38-18-21-41-22-19-38/h4-7,9-16,23,31,39H,8,17-22,24H2,1-3H3,(H2,36,37,40). The third kappa shape index (κ3) is 6.38. The second-order valence-corrected chi connectivity index (χ2v) is 12.1. The molecule has 1 fully saturated rings. The maximum Gasteiger partial charge on any atom is 0.319 e. The van der Waals surface area contributed by atoms with Crippen LogP contribution in [0.25, 0.3) is 21.9 Å². The van der Waals surface area contributed by atoms with Crippen LogP contribution < -0.4 is 10.6 Å². The van der Waals surface area contributed by atoms with Crippen molar-refractivity contribution in [3.63, 3.8) is 0 Å². The summed E-state index contributed by atoms with van der Waals surface area (Å²) in [5.74, 6) is 0. The van der Waals surface area contributed by atoms with E-state index in [2.05, 4.69) is 78.8 Å². The average Bonchev–Trinajstić information content (AvgIpc) is 2.97. The van der Waals surface area contributed by atoms with Gasteiger partial charge in [0, 0.05) is 48.8 Å². The fourth-order valence-electron chi connectivity index (χ4n) is 6.18. The largest absolute Gasteiger partial charge is 0.396 e. The van der Waals surface area contributed by atoms with E-state index in [0.29, 0.717) is 6.42 Å². The van der Waals surface area contributed by atoms with Gasteiger partial charge in [0.2, 0.25) is 0 Å². The van der Waals surface area contributed by atoms with Crippen LogP contribution in [-0.2, 0) is 11.3 Å². The van der Waals surface area contributed by atoms with Gasteiger partial charge < -0.3 is 20.5 Å². The number of carbonyl (C=O) groups excluding carboxylic acids is 1. The number of hydrogen-bond acceptors (Lipinski definition) is 5. The molecule has 3 N–H and O–H groups in total. The van der Waals surface area contributed by atoms with Crippen LogP contribution in [0.2, 0.25) is 0 Å². The summed E-state index contributed by atoms with van der Waals surface area (Å²) in [6, 6.07) is 15.9. The molecule has 2 unspecified atom stereocenters. The van der Waals surface area contributed by atoms with Gasteiger partial charge >= 0.3 is 6.03 Å². The number of nitrogens with one attached hydrogen (secondary N) is 2. The molecule has 2 atom stereocenters. The van der Waals surface area contributed by atoms with Gasteiger partial charge in [0.15, 0.2) is 0 Å². The molecule has 3 aromatic rings. The third-order valence-electron chi connectivity index (χ3n) is 8.59. The number of ether oxygens (including phenoxy) is 1. The van der Waals surface area contributed by atoms with Gasteiger partial charge in [0.1, 0.15) is 0 Å². The number of rotatable bonds is 8. The normalized spacial score (nSPS) is 21.2. The molecule has 41 heavy (non-hydrogen) atoms. The summed E-state index contributed by atoms with van der Waals surface area (Å²) < 4.78 is 5.46. The number of benzene rings is 2. The Morgan fingerprint density at radius 3 is 2.56 bits per heavy atom. The van der Waals surface area contributed by atoms with Gasteiger partial charge in [0.25, 0.3) is 0 Å². The van der Waals surface area contributed by atoms with Crippen LogP contribution in [0.3, 0.4) is 0 Å². The molecule has 0 radical (unpaired) electrons. The van der Waals surface area contributed by atoms with E-state index in [1.165, 1.54) is 0 Å². The summed E-state index contributed by atoms with van der Waals surface area (Å²) >= 11 is 0. The first kappa shape index (κ1) is 29.0. The van der Waals surface area contributed by atoms with E-state index < -0.39 is 0 Å². The van der Waals surface area contributed by atoms with E-state index in [1.54, 1.807) is 0 Å². The van der Waals surface area contributed by atoms with E-state index in [9.17, 15) is 9.90 Å². The summed E-state index contributed by atoms with van der Waals surface area (Å²) in [5, 5.41) is 18.0. The molecule has 216 valence electrons. The van der Waals surface area contributed by atoms with Crippen LogP contribution in [0, 0.1) is 10.8 Å². The molecule has 5 rings (SSSR count). The maximum atomic E-state index is 13.4. The van der Waals surface area contributed by atoms with Gasteiger partial charge in [-0.15, -0.1) is 0 Å². The molecule has 0 saturated carbocycles. The molecule has 0 spiro atoms. The van der Waals surface area contributed by atoms with Crippen molar-refractivity contribution in [2.75, 3.05) is 38.2 Å². The quantitative estimate of drug-likeness (QED) is 0.311. The third-order valence-corrected chi connectivity index (χ3v) is 8.59. The predicted molar refractivity (Wildman–Crippen MR) is 166 cm³/mol. The zero-order chi connectivity index (χ0) is 28.9. The molecule has 7 heteroatoms. The van der Waals surface area contributed by atoms with E-state index in [1.807, 2.05) is 36.5 Å². The molecular weight excluding hydrogens is 512 g/mol. The maximum absolute atomic E-state index is 13.4. The van der Waals surface area contributed by atoms with E-state index in [-0.39, 0.29) is 29.5 Å². The van der Waals surface area contributed by atoms with Gasteiger partial charge in [-0.25, -0.2) is 4.79 Å². The Balaban J connectivity index is 1.35. The second kappa shape index (κ2) is 12.6. The number of nitrogens with zero attached hydrogens (tertiary/aromatic N) is 2. The van der Waals surface area contributed by atoms with Crippen molar-refractivity contribution < 1.29 is 14.6 Å². The SMILES string of the molecule is CC(C)(C)C1(CCCO)C=CC=CC1NC(=O)Nc1ccc(-c2ccc(CN3CCOCC3)nc2)c2ccccc12. The number of hydrogen-bond donors (Lipinski definition) is 3. The van der Waals surface area contributed by atoms with Crippen LogP contribution in [0.5, 0.6) is 0 Å². The molecule has 2 aromatic carbocycles. The highest BCUT2D eigenvalue weighted by Crippen LogP contribution is 2.48. The minimum absolute atomic E-state index is 0.124. The van der Waals surface area contributed by atoms with Gasteiger partial charge in [-0.2, -0.15) is 0 Å². The van der Waals surface area contributed by atoms with Crippen molar-refractivity contribution in [1.82, 2.24) is 15.2 Å². The fourth-order valence-corrected chi connectivity index (χ4v) is 6.18. The topological polar surface area (TPSA) is 86.7 Å². The van der Waals surface area contributed by atoms with Crippen molar-refractivity contribution in [1.29, 1.82) is 0 Å². The van der Waals surface area contributed by atoms with Gasteiger partial charge in [-0.1, -0.05) is 81.5 Å². The number of aliphatic hydroxyl groups excluding tert-OH is 1. The Morgan fingerprint density at radius 1 is 1.07 bits per heavy atom. The Labute approximate surface area is 243 Å². The Morgan fingerprint density at radius 2 is 1.85 bits per heavy atom. The van der Waals surface area contributed by atoms with Crippen LogP contribution in [0.1, 0.15) is 39.3 Å². The number of carbonyl (C=O) groups is 1. The molecule has 7 nitrogen and oxygen atoms in total. The number of aromatic nitrogens is 1. The Hall–Kier alpha value is -3.52. The predicted octanol–water partition coefficient (Wildman–Crippen LogP) is 6.16. The zero-order valence-corrected chi connectivity index (χ0v) is 24.4. The first-order chi connectivity index (χ1) is 19.8. The first-order valence-electron chi connectivity index (χ1n) is 14.6. The molecule has 1 aliphatic heterocycles.